The molecule has 0 rings (SSSR count). The molecule has 0 N–H and O–H groups in total. The van der Waals surface area contributed by atoms with Gasteiger partial charge in [-0.15, -0.1) is 0 Å². The van der Waals surface area contributed by atoms with Crippen LogP contribution in [0.15, 0.2) is 0 Å². The monoisotopic (exact) mass is 526 g/mol. The molecule has 0 spiro atoms. The normalized spacial score (nSPS) is 12.6. The van der Waals surface area contributed by atoms with Gasteiger partial charge in [0.1, 0.15) is 12.2 Å². The van der Waals surface area contributed by atoms with Gasteiger partial charge in [-0.1, -0.05) is 97.8 Å². The van der Waals surface area contributed by atoms with Crippen LogP contribution in [-0.4, -0.2) is 37.2 Å². The number of methoxy groups -OCH3 is 1. The average Bonchev–Trinajstić information content (AvgIpc) is 2.88. The highest BCUT2D eigenvalue weighted by Gasteiger charge is 2.28. The number of ether oxygens (including phenoxy) is 3. The van der Waals surface area contributed by atoms with Crippen molar-refractivity contribution in [3.8, 4) is 0 Å². The van der Waals surface area contributed by atoms with Crippen LogP contribution in [-0.2, 0) is 28.6 Å². The molecule has 0 heterocycles. The number of carbonyl (C=O) groups excluding carboxylic acids is 3. The summed E-state index contributed by atoms with van der Waals surface area (Å²) in [5, 5.41) is 0. The highest BCUT2D eigenvalue weighted by molar-refractivity contribution is 5.70. The van der Waals surface area contributed by atoms with E-state index in [1.807, 2.05) is 0 Å². The Hall–Kier alpha value is -1.59. The van der Waals surface area contributed by atoms with Gasteiger partial charge in [0.15, 0.2) is 0 Å². The second-order valence-electron chi connectivity index (χ2n) is 10.4. The van der Waals surface area contributed by atoms with Gasteiger partial charge in [0, 0.05) is 19.3 Å². The van der Waals surface area contributed by atoms with Crippen LogP contribution in [0.4, 0.5) is 0 Å². The summed E-state index contributed by atoms with van der Waals surface area (Å²) in [7, 11) is 1.42. The van der Waals surface area contributed by atoms with Crippen molar-refractivity contribution in [2.24, 2.45) is 0 Å². The Morgan fingerprint density at radius 2 is 0.784 bits per heavy atom. The summed E-state index contributed by atoms with van der Waals surface area (Å²) in [4.78, 5) is 36.5. The number of hydrogen-bond donors (Lipinski definition) is 0. The molecule has 218 valence electrons. The van der Waals surface area contributed by atoms with E-state index in [0.717, 1.165) is 89.9 Å². The summed E-state index contributed by atoms with van der Waals surface area (Å²) in [5.74, 6) is -0.501. The molecule has 0 fully saturated rings. The number of hydrogen-bond acceptors (Lipinski definition) is 6. The SMILES string of the molecule is CCCCCCCCC(OC(=O)CCCCC)C(CCCCCCCC(=O)OC)OC(=O)CCCCC. The lowest BCUT2D eigenvalue weighted by atomic mass is 9.99. The summed E-state index contributed by atoms with van der Waals surface area (Å²) in [5.41, 5.74) is 0. The summed E-state index contributed by atoms with van der Waals surface area (Å²) < 4.78 is 16.7. The van der Waals surface area contributed by atoms with Crippen molar-refractivity contribution in [2.75, 3.05) is 7.11 Å². The van der Waals surface area contributed by atoms with Crippen molar-refractivity contribution in [2.45, 2.75) is 174 Å². The van der Waals surface area contributed by atoms with Crippen LogP contribution in [0.2, 0.25) is 0 Å². The first-order valence-electron chi connectivity index (χ1n) is 15.4. The lowest BCUT2D eigenvalue weighted by Crippen LogP contribution is -2.35. The third-order valence-electron chi connectivity index (χ3n) is 6.89. The fraction of sp³-hybridized carbons (Fsp3) is 0.903. The quantitative estimate of drug-likeness (QED) is 0.0637. The van der Waals surface area contributed by atoms with E-state index in [1.165, 1.54) is 32.8 Å². The van der Waals surface area contributed by atoms with E-state index in [2.05, 4.69) is 20.8 Å². The molecule has 0 aliphatic heterocycles. The predicted octanol–water partition coefficient (Wildman–Crippen LogP) is 8.62. The minimum atomic E-state index is -0.380. The van der Waals surface area contributed by atoms with Crippen molar-refractivity contribution >= 4 is 17.9 Å². The molecule has 37 heavy (non-hydrogen) atoms. The van der Waals surface area contributed by atoms with Gasteiger partial charge in [0.05, 0.1) is 7.11 Å². The standard InChI is InChI=1S/C31H58O6/c1-5-8-11-12-14-19-22-27(36-30(33)25-17-9-6-2)28(37-31(34)26-18-10-7-3)23-20-15-13-16-21-24-29(32)35-4/h27-28H,5-26H2,1-4H3. The Morgan fingerprint density at radius 1 is 0.459 bits per heavy atom. The van der Waals surface area contributed by atoms with E-state index in [9.17, 15) is 14.4 Å². The minimum absolute atomic E-state index is 0.159. The largest absolute Gasteiger partial charge is 0.469 e. The Bertz CT molecular complexity index is 562. The molecular formula is C31H58O6. The van der Waals surface area contributed by atoms with E-state index >= 15 is 0 Å². The van der Waals surface area contributed by atoms with E-state index in [-0.39, 0.29) is 30.1 Å². The molecule has 2 unspecified atom stereocenters. The summed E-state index contributed by atoms with van der Waals surface area (Å²) in [6.45, 7) is 6.45. The fourth-order valence-corrected chi connectivity index (χ4v) is 4.51. The van der Waals surface area contributed by atoms with Gasteiger partial charge in [-0.3, -0.25) is 14.4 Å². The van der Waals surface area contributed by atoms with Crippen molar-refractivity contribution < 1.29 is 28.6 Å². The Labute approximate surface area is 228 Å². The van der Waals surface area contributed by atoms with Gasteiger partial charge < -0.3 is 14.2 Å². The third kappa shape index (κ3) is 22.1. The fourth-order valence-electron chi connectivity index (χ4n) is 4.51. The minimum Gasteiger partial charge on any atom is -0.469 e. The molecule has 0 amide bonds. The van der Waals surface area contributed by atoms with Crippen LogP contribution in [0.3, 0.4) is 0 Å². The van der Waals surface area contributed by atoms with Gasteiger partial charge in [0.2, 0.25) is 0 Å². The smallest absolute Gasteiger partial charge is 0.306 e. The molecule has 2 atom stereocenters. The Kier molecular flexibility index (Phi) is 24.9. The second-order valence-corrected chi connectivity index (χ2v) is 10.4. The highest BCUT2D eigenvalue weighted by atomic mass is 16.6. The highest BCUT2D eigenvalue weighted by Crippen LogP contribution is 2.22. The van der Waals surface area contributed by atoms with Crippen LogP contribution in [0.25, 0.3) is 0 Å². The van der Waals surface area contributed by atoms with E-state index in [4.69, 9.17) is 14.2 Å². The third-order valence-corrected chi connectivity index (χ3v) is 6.89. The first kappa shape index (κ1) is 35.4. The molecule has 6 nitrogen and oxygen atoms in total. The maximum absolute atomic E-state index is 12.6. The zero-order valence-corrected chi connectivity index (χ0v) is 24.7. The molecule has 0 radical (unpaired) electrons. The van der Waals surface area contributed by atoms with Gasteiger partial charge >= 0.3 is 17.9 Å². The van der Waals surface area contributed by atoms with E-state index in [1.54, 1.807) is 0 Å². The lowest BCUT2D eigenvalue weighted by molar-refractivity contribution is -0.169. The zero-order valence-electron chi connectivity index (χ0n) is 24.7. The second kappa shape index (κ2) is 26.0. The molecule has 6 heteroatoms. The van der Waals surface area contributed by atoms with Crippen molar-refractivity contribution in [1.82, 2.24) is 0 Å². The Balaban J connectivity index is 5.02. The molecule has 0 saturated carbocycles. The molecule has 0 aliphatic rings. The van der Waals surface area contributed by atoms with Gasteiger partial charge in [-0.2, -0.15) is 0 Å². The first-order valence-corrected chi connectivity index (χ1v) is 15.4. The van der Waals surface area contributed by atoms with Gasteiger partial charge in [0.25, 0.3) is 0 Å². The maximum atomic E-state index is 12.6. The van der Waals surface area contributed by atoms with E-state index in [0.29, 0.717) is 25.7 Å². The van der Waals surface area contributed by atoms with Crippen LogP contribution < -0.4 is 0 Å². The summed E-state index contributed by atoms with van der Waals surface area (Å²) in [6.07, 6.45) is 19.6. The van der Waals surface area contributed by atoms with Crippen molar-refractivity contribution in [3.05, 3.63) is 0 Å². The number of rotatable bonds is 26. The van der Waals surface area contributed by atoms with Crippen LogP contribution in [0.5, 0.6) is 0 Å². The number of carbonyl (C=O) groups is 3. The zero-order chi connectivity index (χ0) is 27.6. The average molecular weight is 527 g/mol. The predicted molar refractivity (Wildman–Crippen MR) is 150 cm³/mol. The molecule has 0 aromatic heterocycles. The van der Waals surface area contributed by atoms with Crippen LogP contribution in [0, 0.1) is 0 Å². The van der Waals surface area contributed by atoms with Crippen LogP contribution >= 0.6 is 0 Å². The summed E-state index contributed by atoms with van der Waals surface area (Å²) >= 11 is 0. The van der Waals surface area contributed by atoms with Crippen LogP contribution in [0.1, 0.15) is 162 Å². The molecule has 0 bridgehead atoms. The Morgan fingerprint density at radius 3 is 1.22 bits per heavy atom. The molecule has 0 aromatic carbocycles. The van der Waals surface area contributed by atoms with Gasteiger partial charge in [-0.05, 0) is 44.9 Å². The first-order chi connectivity index (χ1) is 18.0. The molecular weight excluding hydrogens is 468 g/mol. The molecule has 0 saturated heterocycles. The van der Waals surface area contributed by atoms with Gasteiger partial charge in [-0.25, -0.2) is 0 Å². The molecule has 0 aliphatic carbocycles. The topological polar surface area (TPSA) is 78.9 Å². The number of esters is 3. The van der Waals surface area contributed by atoms with Crippen molar-refractivity contribution in [1.29, 1.82) is 0 Å². The maximum Gasteiger partial charge on any atom is 0.306 e. The van der Waals surface area contributed by atoms with E-state index < -0.39 is 0 Å². The lowest BCUT2D eigenvalue weighted by Gasteiger charge is -2.27. The number of unbranched alkanes of at least 4 members (excludes halogenated alkanes) is 13. The van der Waals surface area contributed by atoms with Crippen molar-refractivity contribution in [3.63, 3.8) is 0 Å². The molecule has 0 aromatic rings. The summed E-state index contributed by atoms with van der Waals surface area (Å²) in [6, 6.07) is 0.